The van der Waals surface area contributed by atoms with Gasteiger partial charge in [0, 0.05) is 0 Å². The first-order chi connectivity index (χ1) is 9.70. The molecule has 1 heterocycles. The molecule has 0 fully saturated rings. The quantitative estimate of drug-likeness (QED) is 0.794. The Morgan fingerprint density at radius 1 is 1.15 bits per heavy atom. The molecule has 3 rings (SSSR count). The molecule has 0 saturated heterocycles. The summed E-state index contributed by atoms with van der Waals surface area (Å²) in [7, 11) is 1.62. The minimum Gasteiger partial charge on any atom is -0.494 e. The van der Waals surface area contributed by atoms with Gasteiger partial charge in [0.2, 0.25) is 0 Å². The lowest BCUT2D eigenvalue weighted by molar-refractivity contribution is 0.417. The molecule has 4 heteroatoms. The van der Waals surface area contributed by atoms with E-state index in [2.05, 4.69) is 4.98 Å². The van der Waals surface area contributed by atoms with Crippen LogP contribution in [0.5, 0.6) is 5.75 Å². The summed E-state index contributed by atoms with van der Waals surface area (Å²) in [6.45, 7) is 2.58. The topological polar surface area (TPSA) is 47.0 Å². The zero-order valence-corrected chi connectivity index (χ0v) is 11.5. The van der Waals surface area contributed by atoms with Gasteiger partial charge >= 0.3 is 5.69 Å². The first-order valence-corrected chi connectivity index (χ1v) is 6.50. The van der Waals surface area contributed by atoms with Gasteiger partial charge in [0.25, 0.3) is 0 Å². The van der Waals surface area contributed by atoms with E-state index >= 15 is 0 Å². The van der Waals surface area contributed by atoms with Crippen molar-refractivity contribution in [3.8, 4) is 5.75 Å². The standard InChI is InChI=1S/C16H16N2O2/c1-11-6-3-4-7-12(11)10-18-15-13(17-16(18)19)8-5-9-14(15)20-2/h3-9H,10H2,1-2H3,(H,17,19). The van der Waals surface area contributed by atoms with Crippen LogP contribution in [-0.4, -0.2) is 16.7 Å². The number of hydrogen-bond acceptors (Lipinski definition) is 2. The van der Waals surface area contributed by atoms with Crippen LogP contribution in [0.4, 0.5) is 0 Å². The number of methoxy groups -OCH3 is 1. The van der Waals surface area contributed by atoms with Crippen molar-refractivity contribution in [3.63, 3.8) is 0 Å². The fraction of sp³-hybridized carbons (Fsp3) is 0.188. The van der Waals surface area contributed by atoms with E-state index in [9.17, 15) is 4.79 Å². The number of aromatic nitrogens is 2. The predicted molar refractivity (Wildman–Crippen MR) is 79.4 cm³/mol. The summed E-state index contributed by atoms with van der Waals surface area (Å²) >= 11 is 0. The molecular weight excluding hydrogens is 252 g/mol. The second-order valence-electron chi connectivity index (χ2n) is 4.80. The summed E-state index contributed by atoms with van der Waals surface area (Å²) in [6.07, 6.45) is 0. The van der Waals surface area contributed by atoms with E-state index in [1.165, 1.54) is 5.56 Å². The van der Waals surface area contributed by atoms with E-state index < -0.39 is 0 Å². The lowest BCUT2D eigenvalue weighted by atomic mass is 10.1. The maximum atomic E-state index is 12.2. The Kier molecular flexibility index (Phi) is 3.06. The molecule has 1 N–H and O–H groups in total. The number of ether oxygens (including phenoxy) is 1. The summed E-state index contributed by atoms with van der Waals surface area (Å²) in [5.41, 5.74) is 3.78. The Morgan fingerprint density at radius 2 is 1.95 bits per heavy atom. The van der Waals surface area contributed by atoms with Crippen LogP contribution in [0.2, 0.25) is 0 Å². The second-order valence-corrected chi connectivity index (χ2v) is 4.80. The van der Waals surface area contributed by atoms with Crippen molar-refractivity contribution in [3.05, 3.63) is 64.1 Å². The van der Waals surface area contributed by atoms with Gasteiger partial charge in [-0.05, 0) is 30.2 Å². The van der Waals surface area contributed by atoms with Crippen molar-refractivity contribution < 1.29 is 4.74 Å². The molecule has 3 aromatic rings. The number of benzene rings is 2. The smallest absolute Gasteiger partial charge is 0.326 e. The van der Waals surface area contributed by atoms with Crippen LogP contribution < -0.4 is 10.4 Å². The van der Waals surface area contributed by atoms with Crippen LogP contribution in [-0.2, 0) is 6.54 Å². The van der Waals surface area contributed by atoms with Crippen LogP contribution in [0.3, 0.4) is 0 Å². The number of H-pyrrole nitrogens is 1. The Labute approximate surface area is 116 Å². The number of aromatic amines is 1. The van der Waals surface area contributed by atoms with Gasteiger partial charge < -0.3 is 9.72 Å². The second kappa shape index (κ2) is 4.89. The minimum absolute atomic E-state index is 0.118. The molecule has 20 heavy (non-hydrogen) atoms. The maximum Gasteiger partial charge on any atom is 0.326 e. The highest BCUT2D eigenvalue weighted by Crippen LogP contribution is 2.24. The van der Waals surface area contributed by atoms with Crippen molar-refractivity contribution in [1.82, 2.24) is 9.55 Å². The zero-order valence-electron chi connectivity index (χ0n) is 11.5. The third kappa shape index (κ3) is 1.99. The number of imidazole rings is 1. The first-order valence-electron chi connectivity index (χ1n) is 6.50. The van der Waals surface area contributed by atoms with E-state index in [0.29, 0.717) is 12.3 Å². The van der Waals surface area contributed by atoms with Gasteiger partial charge in [-0.25, -0.2) is 4.79 Å². The third-order valence-electron chi connectivity index (χ3n) is 3.57. The van der Waals surface area contributed by atoms with E-state index in [-0.39, 0.29) is 5.69 Å². The molecule has 0 aliphatic rings. The van der Waals surface area contributed by atoms with Gasteiger partial charge in [-0.15, -0.1) is 0 Å². The fourth-order valence-electron chi connectivity index (χ4n) is 2.46. The summed E-state index contributed by atoms with van der Waals surface area (Å²) in [5, 5.41) is 0. The van der Waals surface area contributed by atoms with E-state index in [1.807, 2.05) is 49.4 Å². The van der Waals surface area contributed by atoms with Crippen molar-refractivity contribution in [2.24, 2.45) is 0 Å². The molecule has 0 bridgehead atoms. The van der Waals surface area contributed by atoms with Crippen LogP contribution in [0.1, 0.15) is 11.1 Å². The predicted octanol–water partition coefficient (Wildman–Crippen LogP) is 2.69. The van der Waals surface area contributed by atoms with Crippen molar-refractivity contribution in [2.45, 2.75) is 13.5 Å². The number of fused-ring (bicyclic) bond motifs is 1. The van der Waals surface area contributed by atoms with Gasteiger partial charge in [0.05, 0.1) is 19.2 Å². The maximum absolute atomic E-state index is 12.2. The SMILES string of the molecule is COc1cccc2[nH]c(=O)n(Cc3ccccc3C)c12. The molecule has 0 spiro atoms. The molecule has 0 aliphatic heterocycles. The number of hydrogen-bond donors (Lipinski definition) is 1. The summed E-state index contributed by atoms with van der Waals surface area (Å²) < 4.78 is 7.09. The van der Waals surface area contributed by atoms with Gasteiger partial charge in [-0.1, -0.05) is 30.3 Å². The van der Waals surface area contributed by atoms with Gasteiger partial charge in [-0.3, -0.25) is 4.57 Å². The molecule has 0 aliphatic carbocycles. The molecule has 2 aromatic carbocycles. The fourth-order valence-corrected chi connectivity index (χ4v) is 2.46. The molecule has 0 radical (unpaired) electrons. The van der Waals surface area contributed by atoms with Gasteiger partial charge in [-0.2, -0.15) is 0 Å². The highest BCUT2D eigenvalue weighted by molar-refractivity contribution is 5.82. The average Bonchev–Trinajstić information content (AvgIpc) is 2.77. The summed E-state index contributed by atoms with van der Waals surface area (Å²) in [4.78, 5) is 15.0. The zero-order chi connectivity index (χ0) is 14.1. The van der Waals surface area contributed by atoms with Gasteiger partial charge in [0.15, 0.2) is 0 Å². The molecule has 0 unspecified atom stereocenters. The normalized spacial score (nSPS) is 10.9. The van der Waals surface area contributed by atoms with Crippen molar-refractivity contribution >= 4 is 11.0 Å². The number of rotatable bonds is 3. The van der Waals surface area contributed by atoms with Crippen LogP contribution in [0.15, 0.2) is 47.3 Å². The average molecular weight is 268 g/mol. The summed E-state index contributed by atoms with van der Waals surface area (Å²) in [5.74, 6) is 0.703. The van der Waals surface area contributed by atoms with Crippen molar-refractivity contribution in [2.75, 3.05) is 7.11 Å². The molecule has 0 amide bonds. The number of nitrogens with zero attached hydrogens (tertiary/aromatic N) is 1. The largest absolute Gasteiger partial charge is 0.494 e. The van der Waals surface area contributed by atoms with Crippen LogP contribution in [0.25, 0.3) is 11.0 Å². The van der Waals surface area contributed by atoms with E-state index in [1.54, 1.807) is 11.7 Å². The first kappa shape index (κ1) is 12.5. The van der Waals surface area contributed by atoms with Crippen LogP contribution >= 0.6 is 0 Å². The Balaban J connectivity index is 2.19. The lowest BCUT2D eigenvalue weighted by Gasteiger charge is -2.09. The minimum atomic E-state index is -0.118. The Hall–Kier alpha value is -2.49. The highest BCUT2D eigenvalue weighted by atomic mass is 16.5. The number of nitrogens with one attached hydrogen (secondary N) is 1. The molecular formula is C16H16N2O2. The Morgan fingerprint density at radius 3 is 2.70 bits per heavy atom. The van der Waals surface area contributed by atoms with Crippen LogP contribution in [0, 0.1) is 6.92 Å². The highest BCUT2D eigenvalue weighted by Gasteiger charge is 2.12. The molecule has 0 atom stereocenters. The number of para-hydroxylation sites is 1. The molecule has 4 nitrogen and oxygen atoms in total. The molecule has 0 saturated carbocycles. The Bertz CT molecular complexity index is 815. The molecule has 102 valence electrons. The van der Waals surface area contributed by atoms with E-state index in [0.717, 1.165) is 16.6 Å². The third-order valence-corrected chi connectivity index (χ3v) is 3.57. The molecule has 1 aromatic heterocycles. The monoisotopic (exact) mass is 268 g/mol. The van der Waals surface area contributed by atoms with Gasteiger partial charge in [0.1, 0.15) is 11.3 Å². The lowest BCUT2D eigenvalue weighted by Crippen LogP contribution is -2.18. The summed E-state index contributed by atoms with van der Waals surface area (Å²) in [6, 6.07) is 13.7. The number of aryl methyl sites for hydroxylation is 1. The van der Waals surface area contributed by atoms with Crippen molar-refractivity contribution in [1.29, 1.82) is 0 Å². The van der Waals surface area contributed by atoms with E-state index in [4.69, 9.17) is 4.74 Å².